The van der Waals surface area contributed by atoms with E-state index in [4.69, 9.17) is 0 Å². The first-order valence-corrected chi connectivity index (χ1v) is 7.61. The summed E-state index contributed by atoms with van der Waals surface area (Å²) in [6.45, 7) is 7.34. The zero-order valence-corrected chi connectivity index (χ0v) is 12.0. The molecule has 17 heavy (non-hydrogen) atoms. The SMILES string of the molecule is CCCCc1ccc(S(=O)(=O)C(C)(C)C)cc1. The van der Waals surface area contributed by atoms with Crippen LogP contribution in [0.1, 0.15) is 46.1 Å². The van der Waals surface area contributed by atoms with Crippen LogP contribution < -0.4 is 0 Å². The van der Waals surface area contributed by atoms with Crippen molar-refractivity contribution >= 4 is 9.84 Å². The van der Waals surface area contributed by atoms with E-state index in [1.165, 1.54) is 5.56 Å². The van der Waals surface area contributed by atoms with E-state index in [1.807, 2.05) is 12.1 Å². The van der Waals surface area contributed by atoms with Crippen molar-refractivity contribution < 1.29 is 8.42 Å². The van der Waals surface area contributed by atoms with E-state index < -0.39 is 14.6 Å². The van der Waals surface area contributed by atoms with Crippen LogP contribution in [0.2, 0.25) is 0 Å². The Morgan fingerprint density at radius 1 is 1.06 bits per heavy atom. The molecule has 0 saturated heterocycles. The molecule has 0 spiro atoms. The number of rotatable bonds is 4. The third-order valence-corrected chi connectivity index (χ3v) is 5.36. The first-order chi connectivity index (χ1) is 7.79. The molecule has 0 aromatic heterocycles. The molecule has 0 aliphatic heterocycles. The lowest BCUT2D eigenvalue weighted by atomic mass is 10.1. The molecule has 2 nitrogen and oxygen atoms in total. The van der Waals surface area contributed by atoms with Crippen molar-refractivity contribution in [2.24, 2.45) is 0 Å². The number of aryl methyl sites for hydroxylation is 1. The molecule has 1 aromatic carbocycles. The smallest absolute Gasteiger partial charge is 0.183 e. The van der Waals surface area contributed by atoms with Crippen molar-refractivity contribution in [2.75, 3.05) is 0 Å². The molecule has 0 aliphatic rings. The fourth-order valence-electron chi connectivity index (χ4n) is 1.57. The van der Waals surface area contributed by atoms with Crippen LogP contribution in [0.15, 0.2) is 29.2 Å². The Labute approximate surface area is 105 Å². The second kappa shape index (κ2) is 5.21. The predicted octanol–water partition coefficient (Wildman–Crippen LogP) is 3.60. The first kappa shape index (κ1) is 14.2. The fourth-order valence-corrected chi connectivity index (χ4v) is 2.77. The van der Waals surface area contributed by atoms with Gasteiger partial charge in [0.15, 0.2) is 9.84 Å². The van der Waals surface area contributed by atoms with Gasteiger partial charge in [-0.2, -0.15) is 0 Å². The molecule has 0 atom stereocenters. The predicted molar refractivity (Wildman–Crippen MR) is 72.0 cm³/mol. The largest absolute Gasteiger partial charge is 0.223 e. The van der Waals surface area contributed by atoms with Crippen molar-refractivity contribution in [3.8, 4) is 0 Å². The molecule has 1 aromatic rings. The van der Waals surface area contributed by atoms with Crippen LogP contribution in [0.3, 0.4) is 0 Å². The highest BCUT2D eigenvalue weighted by Crippen LogP contribution is 2.25. The molecular formula is C14H22O2S. The maximum absolute atomic E-state index is 12.2. The minimum Gasteiger partial charge on any atom is -0.223 e. The fraction of sp³-hybridized carbons (Fsp3) is 0.571. The van der Waals surface area contributed by atoms with Crippen LogP contribution in [0, 0.1) is 0 Å². The summed E-state index contributed by atoms with van der Waals surface area (Å²) in [5.41, 5.74) is 1.21. The molecule has 96 valence electrons. The van der Waals surface area contributed by atoms with Crippen LogP contribution in [0.5, 0.6) is 0 Å². The lowest BCUT2D eigenvalue weighted by molar-refractivity contribution is 0.560. The molecule has 0 N–H and O–H groups in total. The summed E-state index contributed by atoms with van der Waals surface area (Å²) < 4.78 is 23.6. The van der Waals surface area contributed by atoms with Crippen molar-refractivity contribution in [3.63, 3.8) is 0 Å². The zero-order chi connectivity index (χ0) is 13.1. The molecule has 0 fully saturated rings. The molecular weight excluding hydrogens is 232 g/mol. The van der Waals surface area contributed by atoms with E-state index in [2.05, 4.69) is 6.92 Å². The van der Waals surface area contributed by atoms with Gasteiger partial charge in [0.2, 0.25) is 0 Å². The van der Waals surface area contributed by atoms with Gasteiger partial charge in [0.1, 0.15) is 0 Å². The molecule has 0 heterocycles. The lowest BCUT2D eigenvalue weighted by Gasteiger charge is -2.19. The van der Waals surface area contributed by atoms with E-state index in [0.29, 0.717) is 4.90 Å². The highest BCUT2D eigenvalue weighted by atomic mass is 32.2. The van der Waals surface area contributed by atoms with E-state index >= 15 is 0 Å². The van der Waals surface area contributed by atoms with Gasteiger partial charge in [-0.25, -0.2) is 8.42 Å². The average molecular weight is 254 g/mol. The Bertz CT molecular complexity index is 450. The Morgan fingerprint density at radius 2 is 1.59 bits per heavy atom. The summed E-state index contributed by atoms with van der Waals surface area (Å²) in [5.74, 6) is 0. The van der Waals surface area contributed by atoms with Gasteiger partial charge >= 0.3 is 0 Å². The summed E-state index contributed by atoms with van der Waals surface area (Å²) in [4.78, 5) is 0.422. The minimum atomic E-state index is -3.21. The highest BCUT2D eigenvalue weighted by Gasteiger charge is 2.30. The standard InChI is InChI=1S/C14H22O2S/c1-5-6-7-12-8-10-13(11-9-12)17(15,16)14(2,3)4/h8-11H,5-7H2,1-4H3. The van der Waals surface area contributed by atoms with E-state index in [0.717, 1.165) is 19.3 Å². The van der Waals surface area contributed by atoms with Crippen LogP contribution >= 0.6 is 0 Å². The van der Waals surface area contributed by atoms with Gasteiger partial charge in [-0.05, 0) is 51.3 Å². The maximum atomic E-state index is 12.2. The second-order valence-electron chi connectivity index (χ2n) is 5.36. The zero-order valence-electron chi connectivity index (χ0n) is 11.2. The number of unbranched alkanes of at least 4 members (excludes halogenated alkanes) is 1. The topological polar surface area (TPSA) is 34.1 Å². The molecule has 0 aliphatic carbocycles. The van der Waals surface area contributed by atoms with E-state index in [1.54, 1.807) is 32.9 Å². The summed E-state index contributed by atoms with van der Waals surface area (Å²) in [6, 6.07) is 7.31. The van der Waals surface area contributed by atoms with Gasteiger partial charge in [0.05, 0.1) is 9.64 Å². The molecule has 0 amide bonds. The molecule has 0 unspecified atom stereocenters. The van der Waals surface area contributed by atoms with Gasteiger partial charge < -0.3 is 0 Å². The van der Waals surface area contributed by atoms with Gasteiger partial charge in [-0.15, -0.1) is 0 Å². The van der Waals surface area contributed by atoms with Crippen LogP contribution in [0.4, 0.5) is 0 Å². The maximum Gasteiger partial charge on any atom is 0.183 e. The Kier molecular flexibility index (Phi) is 4.36. The third kappa shape index (κ3) is 3.32. The molecule has 0 saturated carbocycles. The average Bonchev–Trinajstić information content (AvgIpc) is 2.25. The molecule has 0 bridgehead atoms. The van der Waals surface area contributed by atoms with E-state index in [9.17, 15) is 8.42 Å². The Morgan fingerprint density at radius 3 is 2.00 bits per heavy atom. The van der Waals surface area contributed by atoms with Crippen LogP contribution in [-0.4, -0.2) is 13.2 Å². The second-order valence-corrected chi connectivity index (χ2v) is 8.07. The number of benzene rings is 1. The first-order valence-electron chi connectivity index (χ1n) is 6.12. The van der Waals surface area contributed by atoms with E-state index in [-0.39, 0.29) is 0 Å². The summed E-state index contributed by atoms with van der Waals surface area (Å²) in [5, 5.41) is 0. The number of hydrogen-bond acceptors (Lipinski definition) is 2. The van der Waals surface area contributed by atoms with Crippen molar-refractivity contribution in [1.29, 1.82) is 0 Å². The van der Waals surface area contributed by atoms with Crippen molar-refractivity contribution in [2.45, 2.75) is 56.6 Å². The Balaban J connectivity index is 2.96. The molecule has 0 radical (unpaired) electrons. The third-order valence-electron chi connectivity index (χ3n) is 2.86. The lowest BCUT2D eigenvalue weighted by Crippen LogP contribution is -2.27. The molecule has 3 heteroatoms. The molecule has 1 rings (SSSR count). The van der Waals surface area contributed by atoms with Gasteiger partial charge in [-0.1, -0.05) is 25.5 Å². The summed E-state index contributed by atoms with van der Waals surface area (Å²) in [6.07, 6.45) is 3.32. The Hall–Kier alpha value is -0.830. The van der Waals surface area contributed by atoms with Crippen LogP contribution in [-0.2, 0) is 16.3 Å². The quantitative estimate of drug-likeness (QED) is 0.822. The monoisotopic (exact) mass is 254 g/mol. The normalized spacial score (nSPS) is 12.7. The highest BCUT2D eigenvalue weighted by molar-refractivity contribution is 7.92. The van der Waals surface area contributed by atoms with Gasteiger partial charge in [0, 0.05) is 0 Å². The number of hydrogen-bond donors (Lipinski definition) is 0. The summed E-state index contributed by atoms with van der Waals surface area (Å²) in [7, 11) is -3.21. The summed E-state index contributed by atoms with van der Waals surface area (Å²) >= 11 is 0. The van der Waals surface area contributed by atoms with Crippen molar-refractivity contribution in [1.82, 2.24) is 0 Å². The van der Waals surface area contributed by atoms with Crippen LogP contribution in [0.25, 0.3) is 0 Å². The number of sulfone groups is 1. The van der Waals surface area contributed by atoms with Gasteiger partial charge in [-0.3, -0.25) is 0 Å². The van der Waals surface area contributed by atoms with Gasteiger partial charge in [0.25, 0.3) is 0 Å². The van der Waals surface area contributed by atoms with Crippen molar-refractivity contribution in [3.05, 3.63) is 29.8 Å². The minimum absolute atomic E-state index is 0.422.